The number of carbonyl (C=O) groups is 8. The van der Waals surface area contributed by atoms with E-state index in [1.807, 2.05) is 0 Å². The number of unbranched alkanes of at least 4 members (excludes halogenated alkanes) is 1. The molecule has 0 aliphatic rings. The molecule has 1 rings (SSSR count). The predicted octanol–water partition coefficient (Wildman–Crippen LogP) is -1.92. The van der Waals surface area contributed by atoms with Gasteiger partial charge in [-0.3, -0.25) is 38.4 Å². The molecule has 0 unspecified atom stereocenters. The first-order chi connectivity index (χ1) is 28.5. The largest absolute Gasteiger partial charge is 0.481 e. The number of carbonyl (C=O) groups excluding carboxylic acids is 6. The van der Waals surface area contributed by atoms with E-state index in [9.17, 15) is 38.4 Å². The van der Waals surface area contributed by atoms with Crippen molar-refractivity contribution in [2.75, 3.05) is 85.6 Å². The molecule has 1 aromatic heterocycles. The van der Waals surface area contributed by atoms with Gasteiger partial charge >= 0.3 is 11.9 Å². The van der Waals surface area contributed by atoms with Gasteiger partial charge in [0, 0.05) is 56.7 Å². The number of rotatable bonds is 37. The van der Waals surface area contributed by atoms with E-state index >= 15 is 0 Å². The minimum atomic E-state index is -1.34. The number of nitrogens with one attached hydrogen (secondary N) is 6. The number of nitrogens with zero attached hydrogens (tertiary/aromatic N) is 1. The van der Waals surface area contributed by atoms with Crippen LogP contribution in [0.3, 0.4) is 0 Å². The van der Waals surface area contributed by atoms with E-state index in [1.165, 1.54) is 20.2 Å². The molecule has 1 aromatic rings. The summed E-state index contributed by atoms with van der Waals surface area (Å²) in [5.74, 6) is -5.66. The van der Waals surface area contributed by atoms with E-state index in [4.69, 9.17) is 34.9 Å². The number of imidazole rings is 1. The lowest BCUT2D eigenvalue weighted by Crippen LogP contribution is -2.55. The van der Waals surface area contributed by atoms with Crippen LogP contribution in [0.5, 0.6) is 0 Å². The lowest BCUT2D eigenvalue weighted by Gasteiger charge is -2.28. The molecule has 0 radical (unpaired) electrons. The Kier molecular flexibility index (Phi) is 27.5. The van der Waals surface area contributed by atoms with Crippen molar-refractivity contribution in [2.45, 2.75) is 77.3 Å². The van der Waals surface area contributed by atoms with Gasteiger partial charge in [-0.2, -0.15) is 0 Å². The van der Waals surface area contributed by atoms with Gasteiger partial charge in [0.1, 0.15) is 19.0 Å². The highest BCUT2D eigenvalue weighted by Gasteiger charge is 2.34. The summed E-state index contributed by atoms with van der Waals surface area (Å²) in [6.45, 7) is 5.50. The highest BCUT2D eigenvalue weighted by molar-refractivity contribution is 5.96. The highest BCUT2D eigenvalue weighted by Crippen LogP contribution is 2.19. The molecule has 0 saturated heterocycles. The van der Waals surface area contributed by atoms with Crippen LogP contribution in [-0.4, -0.2) is 164 Å². The second kappa shape index (κ2) is 31.1. The molecule has 60 heavy (non-hydrogen) atoms. The first kappa shape index (κ1) is 53.1. The van der Waals surface area contributed by atoms with Gasteiger partial charge in [0.2, 0.25) is 23.6 Å². The number of hydrogen-bond acceptors (Lipinski definition) is 15. The summed E-state index contributed by atoms with van der Waals surface area (Å²) in [7, 11) is 0. The van der Waals surface area contributed by atoms with Crippen molar-refractivity contribution >= 4 is 47.1 Å². The molecular formula is C38H64N8O14. The maximum atomic E-state index is 13.3. The Bertz CT molecular complexity index is 1480. The monoisotopic (exact) mass is 856 g/mol. The van der Waals surface area contributed by atoms with E-state index in [0.717, 1.165) is 0 Å². The Morgan fingerprint density at radius 2 is 1.37 bits per heavy atom. The second-order valence-corrected chi connectivity index (χ2v) is 14.4. The standard InChI is InChI=1S/C38H64N8O14/c1-26(37(55)56)7-8-32(49)43-10-12-57-14-17-60-24-34(51)44-11-13-58-15-16-59-23-33(50)42-9-5-4-6-27(30(47)21-40-22-35(52)53)18-31(48)38(2,3)46-36(54)29(39)19-28-20-41-25-45-28/h20,25-27,29,40H,4-19,21-24,39H2,1-3H3,(H,41,45)(H,42,50)(H,43,49)(H,44,51)(H,46,54)(H,52,53)(H,55,56)/t26-,27+,29-/m0/s1. The van der Waals surface area contributed by atoms with Crippen LogP contribution in [0.25, 0.3) is 0 Å². The van der Waals surface area contributed by atoms with Gasteiger partial charge in [-0.25, -0.2) is 4.98 Å². The maximum absolute atomic E-state index is 13.3. The maximum Gasteiger partial charge on any atom is 0.317 e. The second-order valence-electron chi connectivity index (χ2n) is 14.4. The summed E-state index contributed by atoms with van der Waals surface area (Å²) in [6.07, 6.45) is 4.61. The Morgan fingerprint density at radius 1 is 0.783 bits per heavy atom. The Balaban J connectivity index is 2.20. The summed E-state index contributed by atoms with van der Waals surface area (Å²) in [4.78, 5) is 103. The zero-order valence-corrected chi connectivity index (χ0v) is 34.8. The van der Waals surface area contributed by atoms with E-state index in [0.29, 0.717) is 25.0 Å². The first-order valence-electron chi connectivity index (χ1n) is 19.9. The molecule has 0 fully saturated rings. The molecule has 10 N–H and O–H groups in total. The molecule has 22 nitrogen and oxygen atoms in total. The van der Waals surface area contributed by atoms with Crippen molar-refractivity contribution in [1.29, 1.82) is 0 Å². The molecule has 0 aromatic carbocycles. The Labute approximate surface area is 349 Å². The Hall–Kier alpha value is -4.87. The molecular weight excluding hydrogens is 792 g/mol. The van der Waals surface area contributed by atoms with Crippen molar-refractivity contribution in [3.05, 3.63) is 18.2 Å². The number of aromatic amines is 1. The third kappa shape index (κ3) is 26.3. The van der Waals surface area contributed by atoms with Crippen LogP contribution in [0.2, 0.25) is 0 Å². The van der Waals surface area contributed by atoms with Gasteiger partial charge in [-0.1, -0.05) is 13.3 Å². The lowest BCUT2D eigenvalue weighted by molar-refractivity contribution is -0.141. The van der Waals surface area contributed by atoms with Crippen LogP contribution in [0.15, 0.2) is 12.5 Å². The van der Waals surface area contributed by atoms with Gasteiger partial charge in [-0.05, 0) is 33.1 Å². The van der Waals surface area contributed by atoms with Crippen LogP contribution in [-0.2, 0) is 63.7 Å². The van der Waals surface area contributed by atoms with E-state index in [1.54, 1.807) is 13.1 Å². The zero-order valence-electron chi connectivity index (χ0n) is 34.8. The summed E-state index contributed by atoms with van der Waals surface area (Å²) < 4.78 is 21.3. The van der Waals surface area contributed by atoms with Crippen molar-refractivity contribution in [1.82, 2.24) is 36.6 Å². The molecule has 1 heterocycles. The minimum Gasteiger partial charge on any atom is -0.481 e. The van der Waals surface area contributed by atoms with Crippen LogP contribution < -0.4 is 32.3 Å². The summed E-state index contributed by atoms with van der Waals surface area (Å²) in [5, 5.41) is 30.9. The van der Waals surface area contributed by atoms with Gasteiger partial charge in [0.05, 0.1) is 76.6 Å². The summed E-state index contributed by atoms with van der Waals surface area (Å²) in [6, 6.07) is -0.944. The number of hydrogen-bond donors (Lipinski definition) is 9. The van der Waals surface area contributed by atoms with Crippen LogP contribution in [0.4, 0.5) is 0 Å². The fourth-order valence-electron chi connectivity index (χ4n) is 5.19. The molecule has 0 saturated carbocycles. The third-order valence-corrected chi connectivity index (χ3v) is 8.80. The zero-order chi connectivity index (χ0) is 44.8. The molecule has 22 heteroatoms. The minimum absolute atomic E-state index is 0.119. The number of ether oxygens (including phenoxy) is 4. The van der Waals surface area contributed by atoms with Gasteiger partial charge in [-0.15, -0.1) is 0 Å². The summed E-state index contributed by atoms with van der Waals surface area (Å²) in [5.41, 5.74) is 5.33. The molecule has 3 atom stereocenters. The quantitative estimate of drug-likeness (QED) is 0.0329. The SMILES string of the molecule is C[C@@H](CCC(=O)NCCOCCOCC(=O)NCCOCCOCC(=O)NCCCC[C@H](CC(=O)C(C)(C)NC(=O)[C@@H](N)Cc1cnc[nH]1)C(=O)CNCC(=O)O)C(=O)O. The molecule has 0 aliphatic heterocycles. The normalized spacial score (nSPS) is 12.8. The third-order valence-electron chi connectivity index (χ3n) is 8.80. The number of ketones is 2. The fraction of sp³-hybridized carbons (Fsp3) is 0.711. The van der Waals surface area contributed by atoms with Crippen molar-refractivity contribution < 1.29 is 67.5 Å². The average molecular weight is 857 g/mol. The van der Waals surface area contributed by atoms with Crippen LogP contribution in [0.1, 0.15) is 65.0 Å². The highest BCUT2D eigenvalue weighted by atomic mass is 16.5. The number of Topliss-reactive ketones (excluding diaryl/α,β-unsaturated/α-hetero) is 2. The molecule has 0 bridgehead atoms. The molecule has 4 amide bonds. The van der Waals surface area contributed by atoms with Crippen LogP contribution >= 0.6 is 0 Å². The number of carboxylic acids is 2. The Morgan fingerprint density at radius 3 is 1.93 bits per heavy atom. The van der Waals surface area contributed by atoms with Crippen molar-refractivity contribution in [3.63, 3.8) is 0 Å². The molecule has 340 valence electrons. The topological polar surface area (TPSA) is 329 Å². The number of nitrogens with two attached hydrogens (primary N) is 1. The van der Waals surface area contributed by atoms with Gasteiger partial charge in [0.25, 0.3) is 0 Å². The van der Waals surface area contributed by atoms with E-state index in [2.05, 4.69) is 36.6 Å². The smallest absolute Gasteiger partial charge is 0.317 e. The number of carboxylic acid groups (broad SMARTS) is 2. The average Bonchev–Trinajstić information content (AvgIpc) is 3.70. The number of H-pyrrole nitrogens is 1. The van der Waals surface area contributed by atoms with Crippen LogP contribution in [0, 0.1) is 11.8 Å². The molecule has 0 spiro atoms. The first-order valence-corrected chi connectivity index (χ1v) is 19.9. The predicted molar refractivity (Wildman–Crippen MR) is 213 cm³/mol. The number of aromatic nitrogens is 2. The number of amides is 4. The fourth-order valence-corrected chi connectivity index (χ4v) is 5.19. The van der Waals surface area contributed by atoms with Crippen molar-refractivity contribution in [2.24, 2.45) is 17.6 Å². The lowest BCUT2D eigenvalue weighted by atomic mass is 9.85. The summed E-state index contributed by atoms with van der Waals surface area (Å²) >= 11 is 0. The van der Waals surface area contributed by atoms with Gasteiger partial charge in [0.15, 0.2) is 5.78 Å². The molecule has 0 aliphatic carbocycles. The van der Waals surface area contributed by atoms with Gasteiger partial charge < -0.3 is 66.5 Å². The van der Waals surface area contributed by atoms with E-state index in [-0.39, 0.29) is 128 Å². The number of aliphatic carboxylic acids is 2. The van der Waals surface area contributed by atoms with Crippen molar-refractivity contribution in [3.8, 4) is 0 Å². The van der Waals surface area contributed by atoms with E-state index < -0.39 is 53.6 Å².